The van der Waals surface area contributed by atoms with Gasteiger partial charge in [0.15, 0.2) is 5.78 Å². The number of rotatable bonds is 5. The van der Waals surface area contributed by atoms with E-state index in [0.717, 1.165) is 10.8 Å². The molecular weight excluding hydrogens is 264 g/mol. The van der Waals surface area contributed by atoms with Crippen LogP contribution in [0.15, 0.2) is 42.5 Å². The minimum Gasteiger partial charge on any atom is -0.465 e. The summed E-state index contributed by atoms with van der Waals surface area (Å²) < 4.78 is 5.04. The van der Waals surface area contributed by atoms with Crippen LogP contribution in [0, 0.1) is 11.8 Å². The summed E-state index contributed by atoms with van der Waals surface area (Å²) in [4.78, 5) is 24.7. The van der Waals surface area contributed by atoms with Crippen LogP contribution in [-0.4, -0.2) is 18.4 Å². The maximum atomic E-state index is 12.6. The lowest BCUT2D eigenvalue weighted by Gasteiger charge is -2.18. The first kappa shape index (κ1) is 15.2. The molecule has 0 amide bonds. The summed E-state index contributed by atoms with van der Waals surface area (Å²) in [6.45, 7) is 5.75. The van der Waals surface area contributed by atoms with Gasteiger partial charge in [-0.2, -0.15) is 0 Å². The van der Waals surface area contributed by atoms with E-state index in [2.05, 4.69) is 0 Å². The van der Waals surface area contributed by atoms with E-state index < -0.39 is 11.9 Å². The van der Waals surface area contributed by atoms with Crippen LogP contribution in [0.4, 0.5) is 0 Å². The Morgan fingerprint density at radius 2 is 1.71 bits per heavy atom. The molecule has 3 heteroatoms. The summed E-state index contributed by atoms with van der Waals surface area (Å²) in [7, 11) is 0. The Kier molecular flexibility index (Phi) is 4.73. The van der Waals surface area contributed by atoms with E-state index in [9.17, 15) is 9.59 Å². The molecule has 2 aromatic carbocycles. The zero-order valence-corrected chi connectivity index (χ0v) is 12.6. The fourth-order valence-corrected chi connectivity index (χ4v) is 2.44. The minimum absolute atomic E-state index is 0.0944. The van der Waals surface area contributed by atoms with Crippen molar-refractivity contribution in [2.75, 3.05) is 6.61 Å². The van der Waals surface area contributed by atoms with Crippen LogP contribution in [0.25, 0.3) is 10.8 Å². The molecule has 0 saturated heterocycles. The number of esters is 1. The van der Waals surface area contributed by atoms with Gasteiger partial charge in [-0.05, 0) is 29.7 Å². The van der Waals surface area contributed by atoms with Crippen molar-refractivity contribution in [1.82, 2.24) is 0 Å². The highest BCUT2D eigenvalue weighted by Gasteiger charge is 2.31. The van der Waals surface area contributed by atoms with E-state index >= 15 is 0 Å². The number of carbonyl (C=O) groups excluding carboxylic acids is 2. The normalized spacial score (nSPS) is 12.4. The largest absolute Gasteiger partial charge is 0.465 e. The van der Waals surface area contributed by atoms with Gasteiger partial charge in [-0.25, -0.2) is 0 Å². The molecule has 2 rings (SSSR count). The molecule has 2 aromatic rings. The Labute approximate surface area is 124 Å². The quantitative estimate of drug-likeness (QED) is 0.476. The number of hydrogen-bond donors (Lipinski definition) is 0. The average molecular weight is 284 g/mol. The van der Waals surface area contributed by atoms with Crippen molar-refractivity contribution < 1.29 is 14.3 Å². The molecule has 1 unspecified atom stereocenters. The van der Waals surface area contributed by atoms with Gasteiger partial charge < -0.3 is 4.74 Å². The molecule has 0 fully saturated rings. The summed E-state index contributed by atoms with van der Waals surface area (Å²) in [5, 5.41) is 2.07. The lowest BCUT2D eigenvalue weighted by atomic mass is 9.87. The summed E-state index contributed by atoms with van der Waals surface area (Å²) in [5.74, 6) is -1.45. The van der Waals surface area contributed by atoms with Crippen molar-refractivity contribution in [2.24, 2.45) is 11.8 Å². The Hall–Kier alpha value is -2.16. The predicted octanol–water partition coefficient (Wildman–Crippen LogP) is 3.86. The SMILES string of the molecule is CCOC(=O)C(C(=O)c1ccc2ccccc2c1)C(C)C. The second-order valence-corrected chi connectivity index (χ2v) is 5.40. The first-order valence-corrected chi connectivity index (χ1v) is 7.24. The number of ether oxygens (including phenoxy) is 1. The van der Waals surface area contributed by atoms with Crippen molar-refractivity contribution in [1.29, 1.82) is 0 Å². The van der Waals surface area contributed by atoms with Crippen LogP contribution in [0.2, 0.25) is 0 Å². The third-order valence-electron chi connectivity index (χ3n) is 3.52. The van der Waals surface area contributed by atoms with Gasteiger partial charge in [0.05, 0.1) is 6.61 Å². The molecule has 3 nitrogen and oxygen atoms in total. The Morgan fingerprint density at radius 3 is 2.33 bits per heavy atom. The van der Waals surface area contributed by atoms with Crippen molar-refractivity contribution in [2.45, 2.75) is 20.8 Å². The van der Waals surface area contributed by atoms with Crippen LogP contribution in [0.3, 0.4) is 0 Å². The van der Waals surface area contributed by atoms with Crippen molar-refractivity contribution >= 4 is 22.5 Å². The van der Waals surface area contributed by atoms with Crippen molar-refractivity contribution in [3.63, 3.8) is 0 Å². The second kappa shape index (κ2) is 6.53. The molecule has 21 heavy (non-hydrogen) atoms. The Morgan fingerprint density at radius 1 is 1.05 bits per heavy atom. The maximum Gasteiger partial charge on any atom is 0.317 e. The van der Waals surface area contributed by atoms with Gasteiger partial charge in [0.1, 0.15) is 5.92 Å². The lowest BCUT2D eigenvalue weighted by molar-refractivity contribution is -0.147. The molecule has 0 aromatic heterocycles. The molecule has 0 aliphatic heterocycles. The zero-order valence-electron chi connectivity index (χ0n) is 12.6. The number of Topliss-reactive ketones (excluding diaryl/α,β-unsaturated/α-hetero) is 1. The number of carbonyl (C=O) groups is 2. The standard InChI is InChI=1S/C18H20O3/c1-4-21-18(20)16(12(2)3)17(19)15-10-9-13-7-5-6-8-14(13)11-15/h5-12,16H,4H2,1-3H3. The zero-order chi connectivity index (χ0) is 15.4. The molecule has 0 radical (unpaired) electrons. The molecule has 1 atom stereocenters. The maximum absolute atomic E-state index is 12.6. The first-order valence-electron chi connectivity index (χ1n) is 7.24. The van der Waals surface area contributed by atoms with E-state index in [1.54, 1.807) is 13.0 Å². The van der Waals surface area contributed by atoms with E-state index in [1.165, 1.54) is 0 Å². The molecule has 0 bridgehead atoms. The monoisotopic (exact) mass is 284 g/mol. The smallest absolute Gasteiger partial charge is 0.317 e. The molecule has 0 spiro atoms. The summed E-state index contributed by atoms with van der Waals surface area (Å²) in [6, 6.07) is 13.4. The van der Waals surface area contributed by atoms with E-state index in [0.29, 0.717) is 5.56 Å². The van der Waals surface area contributed by atoms with Crippen molar-refractivity contribution in [3.05, 3.63) is 48.0 Å². The van der Waals surface area contributed by atoms with Gasteiger partial charge >= 0.3 is 5.97 Å². The van der Waals surface area contributed by atoms with Gasteiger partial charge in [-0.1, -0.05) is 50.2 Å². The molecule has 0 aliphatic carbocycles. The van der Waals surface area contributed by atoms with E-state index in [4.69, 9.17) is 4.74 Å². The van der Waals surface area contributed by atoms with Crippen LogP contribution in [-0.2, 0) is 9.53 Å². The lowest BCUT2D eigenvalue weighted by Crippen LogP contribution is -2.30. The second-order valence-electron chi connectivity index (χ2n) is 5.40. The summed E-state index contributed by atoms with van der Waals surface area (Å²) in [5.41, 5.74) is 0.556. The molecule has 0 saturated carbocycles. The number of hydrogen-bond acceptors (Lipinski definition) is 3. The Balaban J connectivity index is 2.36. The van der Waals surface area contributed by atoms with Gasteiger partial charge in [-0.15, -0.1) is 0 Å². The topological polar surface area (TPSA) is 43.4 Å². The highest BCUT2D eigenvalue weighted by molar-refractivity contribution is 6.10. The minimum atomic E-state index is -0.744. The number of benzene rings is 2. The van der Waals surface area contributed by atoms with Crippen LogP contribution in [0.1, 0.15) is 31.1 Å². The molecule has 110 valence electrons. The number of fused-ring (bicyclic) bond motifs is 1. The van der Waals surface area contributed by atoms with Crippen LogP contribution < -0.4 is 0 Å². The van der Waals surface area contributed by atoms with E-state index in [-0.39, 0.29) is 18.3 Å². The predicted molar refractivity (Wildman–Crippen MR) is 83.2 cm³/mol. The van der Waals surface area contributed by atoms with Gasteiger partial charge in [-0.3, -0.25) is 9.59 Å². The molecular formula is C18H20O3. The van der Waals surface area contributed by atoms with Crippen LogP contribution in [0.5, 0.6) is 0 Å². The Bertz CT molecular complexity index is 658. The summed E-state index contributed by atoms with van der Waals surface area (Å²) >= 11 is 0. The van der Waals surface area contributed by atoms with Crippen LogP contribution >= 0.6 is 0 Å². The fourth-order valence-electron chi connectivity index (χ4n) is 2.44. The van der Waals surface area contributed by atoms with Gasteiger partial charge in [0.2, 0.25) is 0 Å². The molecule has 0 heterocycles. The van der Waals surface area contributed by atoms with Crippen molar-refractivity contribution in [3.8, 4) is 0 Å². The highest BCUT2D eigenvalue weighted by atomic mass is 16.5. The third-order valence-corrected chi connectivity index (χ3v) is 3.52. The highest BCUT2D eigenvalue weighted by Crippen LogP contribution is 2.22. The fraction of sp³-hybridized carbons (Fsp3) is 0.333. The average Bonchev–Trinajstić information content (AvgIpc) is 2.46. The molecule has 0 N–H and O–H groups in total. The van der Waals surface area contributed by atoms with E-state index in [1.807, 2.05) is 50.2 Å². The third kappa shape index (κ3) is 3.30. The summed E-state index contributed by atoms with van der Waals surface area (Å²) in [6.07, 6.45) is 0. The number of ketones is 1. The first-order chi connectivity index (χ1) is 10.0. The molecule has 0 aliphatic rings. The van der Waals surface area contributed by atoms with Gasteiger partial charge in [0.25, 0.3) is 0 Å². The van der Waals surface area contributed by atoms with Gasteiger partial charge in [0, 0.05) is 5.56 Å².